The van der Waals surface area contributed by atoms with Crippen molar-refractivity contribution in [3.63, 3.8) is 0 Å². The van der Waals surface area contributed by atoms with Crippen LogP contribution in [-0.2, 0) is 14.4 Å². The van der Waals surface area contributed by atoms with E-state index in [0.717, 1.165) is 0 Å². The summed E-state index contributed by atoms with van der Waals surface area (Å²) in [7, 11) is 1.46. The summed E-state index contributed by atoms with van der Waals surface area (Å²) in [6, 6.07) is -0.826. The van der Waals surface area contributed by atoms with Gasteiger partial charge >= 0.3 is 5.97 Å². The predicted octanol–water partition coefficient (Wildman–Crippen LogP) is -0.159. The fourth-order valence-corrected chi connectivity index (χ4v) is 2.51. The molecule has 1 heterocycles. The van der Waals surface area contributed by atoms with Crippen molar-refractivity contribution in [1.29, 1.82) is 0 Å². The second-order valence-electron chi connectivity index (χ2n) is 3.84. The smallest absolute Gasteiger partial charge is 0.326 e. The lowest BCUT2D eigenvalue weighted by Crippen LogP contribution is -2.46. The molecule has 1 atom stereocenters. The van der Waals surface area contributed by atoms with Crippen molar-refractivity contribution in [2.45, 2.75) is 19.4 Å². The van der Waals surface area contributed by atoms with Crippen LogP contribution in [0.1, 0.15) is 13.3 Å². The molecule has 96 valence electrons. The van der Waals surface area contributed by atoms with Crippen molar-refractivity contribution in [3.8, 4) is 0 Å². The molecule has 1 fully saturated rings. The van der Waals surface area contributed by atoms with Gasteiger partial charge in [0.15, 0.2) is 0 Å². The van der Waals surface area contributed by atoms with Crippen molar-refractivity contribution < 1.29 is 19.5 Å². The first-order chi connectivity index (χ1) is 7.97. The zero-order chi connectivity index (χ0) is 13.0. The molecule has 1 saturated heterocycles. The number of hydrogen-bond acceptors (Lipinski definition) is 4. The normalized spacial score (nSPS) is 17.1. The molecule has 1 N–H and O–H groups in total. The van der Waals surface area contributed by atoms with Gasteiger partial charge in [0, 0.05) is 7.05 Å². The molecule has 0 aromatic heterocycles. The summed E-state index contributed by atoms with van der Waals surface area (Å²) in [4.78, 5) is 36.7. The van der Waals surface area contributed by atoms with Gasteiger partial charge in [-0.25, -0.2) is 4.79 Å². The SMILES string of the molecule is CCC(C(=O)O)N(C)C(=O)CN1CSCC1=O. The summed E-state index contributed by atoms with van der Waals surface area (Å²) in [5, 5.41) is 8.93. The number of hydrogen-bond donors (Lipinski definition) is 1. The maximum atomic E-state index is 11.8. The van der Waals surface area contributed by atoms with Crippen molar-refractivity contribution in [1.82, 2.24) is 9.80 Å². The van der Waals surface area contributed by atoms with Crippen LogP contribution in [0.2, 0.25) is 0 Å². The fourth-order valence-electron chi connectivity index (χ4n) is 1.60. The highest BCUT2D eigenvalue weighted by Crippen LogP contribution is 2.15. The van der Waals surface area contributed by atoms with E-state index in [-0.39, 0.29) is 18.4 Å². The molecule has 1 unspecified atom stereocenters. The van der Waals surface area contributed by atoms with Crippen molar-refractivity contribution in [2.24, 2.45) is 0 Å². The fraction of sp³-hybridized carbons (Fsp3) is 0.700. The standard InChI is InChI=1S/C10H16N2O4S/c1-3-7(10(15)16)11(2)8(13)4-12-6-17-5-9(12)14/h7H,3-6H2,1-2H3,(H,15,16). The maximum absolute atomic E-state index is 11.8. The Morgan fingerprint density at radius 3 is 2.65 bits per heavy atom. The molecule has 0 bridgehead atoms. The minimum atomic E-state index is -1.02. The summed E-state index contributed by atoms with van der Waals surface area (Å²) in [5.41, 5.74) is 0. The lowest BCUT2D eigenvalue weighted by atomic mass is 10.2. The molecule has 0 spiro atoms. The topological polar surface area (TPSA) is 77.9 Å². The van der Waals surface area contributed by atoms with Gasteiger partial charge in [0.25, 0.3) is 0 Å². The second-order valence-corrected chi connectivity index (χ2v) is 4.79. The summed E-state index contributed by atoms with van der Waals surface area (Å²) in [5.74, 6) is -0.532. The number of likely N-dealkylation sites (N-methyl/N-ethyl adjacent to an activating group) is 1. The van der Waals surface area contributed by atoms with Gasteiger partial charge in [0.2, 0.25) is 11.8 Å². The maximum Gasteiger partial charge on any atom is 0.326 e. The third-order valence-electron chi connectivity index (χ3n) is 2.68. The van der Waals surface area contributed by atoms with Crippen LogP contribution in [-0.4, -0.2) is 64.0 Å². The Kier molecular flexibility index (Phi) is 4.80. The van der Waals surface area contributed by atoms with Crippen LogP contribution in [0.25, 0.3) is 0 Å². The number of aliphatic carboxylic acids is 1. The van der Waals surface area contributed by atoms with E-state index >= 15 is 0 Å². The Hall–Kier alpha value is -1.24. The quantitative estimate of drug-likeness (QED) is 0.743. The third kappa shape index (κ3) is 3.36. The Balaban J connectivity index is 2.57. The Morgan fingerprint density at radius 2 is 2.24 bits per heavy atom. The number of rotatable bonds is 5. The van der Waals surface area contributed by atoms with Crippen LogP contribution in [0.5, 0.6) is 0 Å². The number of carbonyl (C=O) groups excluding carboxylic acids is 2. The highest BCUT2D eigenvalue weighted by Gasteiger charge is 2.28. The van der Waals surface area contributed by atoms with Gasteiger partial charge in [0.1, 0.15) is 12.6 Å². The van der Waals surface area contributed by atoms with Gasteiger partial charge in [-0.1, -0.05) is 6.92 Å². The molecule has 0 saturated carbocycles. The average molecular weight is 260 g/mol. The number of carbonyl (C=O) groups is 3. The number of amides is 2. The van der Waals surface area contributed by atoms with E-state index in [2.05, 4.69) is 0 Å². The average Bonchev–Trinajstić information content (AvgIpc) is 2.64. The zero-order valence-electron chi connectivity index (χ0n) is 9.88. The lowest BCUT2D eigenvalue weighted by Gasteiger charge is -2.25. The van der Waals surface area contributed by atoms with Gasteiger partial charge in [-0.3, -0.25) is 9.59 Å². The molecule has 17 heavy (non-hydrogen) atoms. The highest BCUT2D eigenvalue weighted by atomic mass is 32.2. The molecule has 0 aromatic rings. The molecule has 1 rings (SSSR count). The van der Waals surface area contributed by atoms with Gasteiger partial charge in [-0.15, -0.1) is 11.8 Å². The van der Waals surface area contributed by atoms with E-state index in [9.17, 15) is 14.4 Å². The first-order valence-electron chi connectivity index (χ1n) is 5.31. The second kappa shape index (κ2) is 5.90. The van der Waals surface area contributed by atoms with Crippen LogP contribution in [0.3, 0.4) is 0 Å². The Morgan fingerprint density at radius 1 is 1.59 bits per heavy atom. The largest absolute Gasteiger partial charge is 0.480 e. The van der Waals surface area contributed by atoms with E-state index < -0.39 is 12.0 Å². The number of carboxylic acid groups (broad SMARTS) is 1. The Bertz CT molecular complexity index is 334. The molecule has 0 radical (unpaired) electrons. The van der Waals surface area contributed by atoms with Crippen LogP contribution in [0.4, 0.5) is 0 Å². The molecule has 0 aromatic carbocycles. The Labute approximate surface area is 104 Å². The van der Waals surface area contributed by atoms with Crippen molar-refractivity contribution >= 4 is 29.5 Å². The minimum Gasteiger partial charge on any atom is -0.480 e. The predicted molar refractivity (Wildman–Crippen MR) is 63.5 cm³/mol. The first kappa shape index (κ1) is 13.8. The zero-order valence-corrected chi connectivity index (χ0v) is 10.7. The van der Waals surface area contributed by atoms with Crippen LogP contribution in [0.15, 0.2) is 0 Å². The van der Waals surface area contributed by atoms with Crippen LogP contribution >= 0.6 is 11.8 Å². The van der Waals surface area contributed by atoms with Gasteiger partial charge < -0.3 is 14.9 Å². The monoisotopic (exact) mass is 260 g/mol. The molecule has 1 aliphatic rings. The summed E-state index contributed by atoms with van der Waals surface area (Å²) in [6.07, 6.45) is 0.347. The third-order valence-corrected chi connectivity index (χ3v) is 3.63. The summed E-state index contributed by atoms with van der Waals surface area (Å²) >= 11 is 1.45. The molecular formula is C10H16N2O4S. The van der Waals surface area contributed by atoms with Crippen LogP contribution < -0.4 is 0 Å². The van der Waals surface area contributed by atoms with Crippen molar-refractivity contribution in [2.75, 3.05) is 25.2 Å². The molecule has 6 nitrogen and oxygen atoms in total. The van der Waals surface area contributed by atoms with E-state index in [4.69, 9.17) is 5.11 Å². The van der Waals surface area contributed by atoms with E-state index in [0.29, 0.717) is 18.1 Å². The van der Waals surface area contributed by atoms with E-state index in [1.54, 1.807) is 6.92 Å². The number of nitrogens with zero attached hydrogens (tertiary/aromatic N) is 2. The molecule has 1 aliphatic heterocycles. The first-order valence-corrected chi connectivity index (χ1v) is 6.46. The molecule has 2 amide bonds. The van der Waals surface area contributed by atoms with Gasteiger partial charge in [0.05, 0.1) is 11.6 Å². The highest BCUT2D eigenvalue weighted by molar-refractivity contribution is 8.00. The number of carboxylic acids is 1. The van der Waals surface area contributed by atoms with Gasteiger partial charge in [-0.2, -0.15) is 0 Å². The number of thioether (sulfide) groups is 1. The molecular weight excluding hydrogens is 244 g/mol. The molecule has 0 aliphatic carbocycles. The van der Waals surface area contributed by atoms with E-state index in [1.807, 2.05) is 0 Å². The lowest BCUT2D eigenvalue weighted by molar-refractivity contribution is -0.150. The van der Waals surface area contributed by atoms with Gasteiger partial charge in [-0.05, 0) is 6.42 Å². The van der Waals surface area contributed by atoms with E-state index in [1.165, 1.54) is 28.6 Å². The van der Waals surface area contributed by atoms with Crippen LogP contribution in [0, 0.1) is 0 Å². The summed E-state index contributed by atoms with van der Waals surface area (Å²) in [6.45, 7) is 1.67. The molecule has 7 heteroatoms. The minimum absolute atomic E-state index is 0.0356. The summed E-state index contributed by atoms with van der Waals surface area (Å²) < 4.78 is 0. The van der Waals surface area contributed by atoms with Crippen molar-refractivity contribution in [3.05, 3.63) is 0 Å².